The molecule has 4 rings (SSSR count). The van der Waals surface area contributed by atoms with E-state index in [0.29, 0.717) is 6.54 Å². The van der Waals surface area contributed by atoms with Crippen LogP contribution in [0, 0.1) is 0 Å². The Morgan fingerprint density at radius 3 is 2.55 bits per heavy atom. The summed E-state index contributed by atoms with van der Waals surface area (Å²) in [5.41, 5.74) is 1.01. The van der Waals surface area contributed by atoms with E-state index in [0.717, 1.165) is 36.1 Å². The molecule has 1 unspecified atom stereocenters. The molecule has 160 valence electrons. The Morgan fingerprint density at radius 1 is 1.06 bits per heavy atom. The van der Waals surface area contributed by atoms with Gasteiger partial charge in [-0.3, -0.25) is 14.6 Å². The predicted octanol–water partition coefficient (Wildman–Crippen LogP) is 4.37. The second-order valence-corrected chi connectivity index (χ2v) is 8.79. The molecule has 1 atom stereocenters. The van der Waals surface area contributed by atoms with Crippen LogP contribution in [0.15, 0.2) is 66.4 Å². The van der Waals surface area contributed by atoms with E-state index in [-0.39, 0.29) is 23.6 Å². The van der Waals surface area contributed by atoms with Gasteiger partial charge in [0.05, 0.1) is 12.7 Å². The van der Waals surface area contributed by atoms with Crippen molar-refractivity contribution in [3.63, 3.8) is 0 Å². The highest BCUT2D eigenvalue weighted by Gasteiger charge is 2.34. The average molecular weight is 435 g/mol. The van der Waals surface area contributed by atoms with Crippen LogP contribution in [0.1, 0.15) is 59.1 Å². The van der Waals surface area contributed by atoms with Crippen molar-refractivity contribution >= 4 is 23.2 Å². The molecule has 0 bridgehead atoms. The van der Waals surface area contributed by atoms with Crippen molar-refractivity contribution in [1.29, 1.82) is 0 Å². The molecule has 1 fully saturated rings. The van der Waals surface area contributed by atoms with Crippen LogP contribution in [0.5, 0.6) is 0 Å². The molecule has 0 saturated heterocycles. The SMILES string of the molecule is O=C(NC1CCCCC1)C(c1ccccc1)N(Cc1cccs1)C(=O)c1cnccn1. The Hall–Kier alpha value is -3.06. The van der Waals surface area contributed by atoms with Crippen LogP contribution < -0.4 is 5.32 Å². The van der Waals surface area contributed by atoms with Crippen molar-refractivity contribution in [1.82, 2.24) is 20.2 Å². The Kier molecular flexibility index (Phi) is 7.04. The zero-order valence-electron chi connectivity index (χ0n) is 17.3. The summed E-state index contributed by atoms with van der Waals surface area (Å²) in [4.78, 5) is 38.0. The smallest absolute Gasteiger partial charge is 0.275 e. The molecule has 7 heteroatoms. The Balaban J connectivity index is 1.69. The number of carbonyl (C=O) groups is 2. The summed E-state index contributed by atoms with van der Waals surface area (Å²) in [5, 5.41) is 5.19. The summed E-state index contributed by atoms with van der Waals surface area (Å²) in [6, 6.07) is 12.8. The molecule has 0 radical (unpaired) electrons. The van der Waals surface area contributed by atoms with Gasteiger partial charge < -0.3 is 10.2 Å². The third kappa shape index (κ3) is 5.35. The lowest BCUT2D eigenvalue weighted by atomic mass is 9.94. The number of nitrogens with zero attached hydrogens (tertiary/aromatic N) is 3. The molecule has 6 nitrogen and oxygen atoms in total. The van der Waals surface area contributed by atoms with Crippen LogP contribution in [0.4, 0.5) is 0 Å². The molecule has 1 aromatic carbocycles. The van der Waals surface area contributed by atoms with E-state index < -0.39 is 6.04 Å². The van der Waals surface area contributed by atoms with E-state index in [4.69, 9.17) is 0 Å². The van der Waals surface area contributed by atoms with Crippen LogP contribution in [0.25, 0.3) is 0 Å². The lowest BCUT2D eigenvalue weighted by Crippen LogP contribution is -2.47. The van der Waals surface area contributed by atoms with Crippen molar-refractivity contribution < 1.29 is 9.59 Å². The molecule has 1 N–H and O–H groups in total. The number of aromatic nitrogens is 2. The predicted molar refractivity (Wildman–Crippen MR) is 120 cm³/mol. The third-order valence-corrected chi connectivity index (χ3v) is 6.44. The van der Waals surface area contributed by atoms with Gasteiger partial charge in [-0.2, -0.15) is 0 Å². The zero-order chi connectivity index (χ0) is 21.5. The Morgan fingerprint density at radius 2 is 1.87 bits per heavy atom. The summed E-state index contributed by atoms with van der Waals surface area (Å²) in [6.45, 7) is 0.324. The molecule has 2 heterocycles. The molecular formula is C24H26N4O2S. The fourth-order valence-electron chi connectivity index (χ4n) is 4.04. The maximum absolute atomic E-state index is 13.6. The lowest BCUT2D eigenvalue weighted by Gasteiger charge is -2.33. The van der Waals surface area contributed by atoms with E-state index in [1.54, 1.807) is 16.2 Å². The van der Waals surface area contributed by atoms with Crippen LogP contribution in [0.2, 0.25) is 0 Å². The van der Waals surface area contributed by atoms with Crippen molar-refractivity contribution in [3.8, 4) is 0 Å². The molecule has 2 aromatic heterocycles. The fourth-order valence-corrected chi connectivity index (χ4v) is 4.75. The molecule has 0 spiro atoms. The summed E-state index contributed by atoms with van der Waals surface area (Å²) in [5.74, 6) is -0.457. The molecule has 2 amide bonds. The van der Waals surface area contributed by atoms with Crippen molar-refractivity contribution in [3.05, 3.63) is 82.6 Å². The van der Waals surface area contributed by atoms with Gasteiger partial charge in [-0.25, -0.2) is 4.98 Å². The molecule has 1 saturated carbocycles. The first-order valence-corrected chi connectivity index (χ1v) is 11.5. The first-order chi connectivity index (χ1) is 15.2. The zero-order valence-corrected chi connectivity index (χ0v) is 18.1. The lowest BCUT2D eigenvalue weighted by molar-refractivity contribution is -0.127. The Bertz CT molecular complexity index is 973. The fraction of sp³-hybridized carbons (Fsp3) is 0.333. The van der Waals surface area contributed by atoms with Gasteiger partial charge in [0.2, 0.25) is 5.91 Å². The highest BCUT2D eigenvalue weighted by atomic mass is 32.1. The van der Waals surface area contributed by atoms with Gasteiger partial charge in [0.15, 0.2) is 0 Å². The van der Waals surface area contributed by atoms with Crippen LogP contribution >= 0.6 is 11.3 Å². The molecule has 1 aliphatic carbocycles. The minimum atomic E-state index is -0.750. The van der Waals surface area contributed by atoms with E-state index in [2.05, 4.69) is 15.3 Å². The van der Waals surface area contributed by atoms with Crippen LogP contribution in [0.3, 0.4) is 0 Å². The Labute approximate surface area is 186 Å². The monoisotopic (exact) mass is 434 g/mol. The molecular weight excluding hydrogens is 408 g/mol. The van der Waals surface area contributed by atoms with Gasteiger partial charge in [-0.05, 0) is 29.9 Å². The number of amides is 2. The minimum Gasteiger partial charge on any atom is -0.351 e. The van der Waals surface area contributed by atoms with Crippen molar-refractivity contribution in [2.75, 3.05) is 0 Å². The summed E-state index contributed by atoms with van der Waals surface area (Å²) in [6.07, 6.45) is 9.90. The molecule has 3 aromatic rings. The number of thiophene rings is 1. The number of hydrogen-bond donors (Lipinski definition) is 1. The van der Waals surface area contributed by atoms with Crippen molar-refractivity contribution in [2.45, 2.75) is 50.7 Å². The number of rotatable bonds is 7. The topological polar surface area (TPSA) is 75.2 Å². The highest BCUT2D eigenvalue weighted by molar-refractivity contribution is 7.09. The molecule has 31 heavy (non-hydrogen) atoms. The van der Waals surface area contributed by atoms with Gasteiger partial charge in [0.1, 0.15) is 11.7 Å². The molecule has 0 aliphatic heterocycles. The first kappa shape index (κ1) is 21.2. The van der Waals surface area contributed by atoms with Crippen molar-refractivity contribution in [2.24, 2.45) is 0 Å². The largest absolute Gasteiger partial charge is 0.351 e. The van der Waals surface area contributed by atoms with Crippen LogP contribution in [-0.4, -0.2) is 32.7 Å². The van der Waals surface area contributed by atoms with Gasteiger partial charge >= 0.3 is 0 Å². The van der Waals surface area contributed by atoms with Gasteiger partial charge in [0.25, 0.3) is 5.91 Å². The summed E-state index contributed by atoms with van der Waals surface area (Å²) < 4.78 is 0. The number of carbonyl (C=O) groups excluding carboxylic acids is 2. The summed E-state index contributed by atoms with van der Waals surface area (Å²) in [7, 11) is 0. The van der Waals surface area contributed by atoms with E-state index in [9.17, 15) is 9.59 Å². The van der Waals surface area contributed by atoms with Gasteiger partial charge in [0, 0.05) is 23.3 Å². The number of hydrogen-bond acceptors (Lipinski definition) is 5. The van der Waals surface area contributed by atoms with Crippen LogP contribution in [-0.2, 0) is 11.3 Å². The highest BCUT2D eigenvalue weighted by Crippen LogP contribution is 2.27. The van der Waals surface area contributed by atoms with E-state index in [1.807, 2.05) is 47.8 Å². The van der Waals surface area contributed by atoms with E-state index >= 15 is 0 Å². The number of benzene rings is 1. The molecule has 1 aliphatic rings. The second kappa shape index (κ2) is 10.3. The third-order valence-electron chi connectivity index (χ3n) is 5.58. The van der Waals surface area contributed by atoms with Gasteiger partial charge in [-0.1, -0.05) is 55.7 Å². The quantitative estimate of drug-likeness (QED) is 0.599. The van der Waals surface area contributed by atoms with Gasteiger partial charge in [-0.15, -0.1) is 11.3 Å². The van der Waals surface area contributed by atoms with E-state index in [1.165, 1.54) is 25.0 Å². The standard InChI is InChI=1S/C24H26N4O2S/c29-23(27-19-10-5-2-6-11-19)22(18-8-3-1-4-9-18)28(17-20-12-7-15-31-20)24(30)21-16-25-13-14-26-21/h1,3-4,7-9,12-16,19,22H,2,5-6,10-11,17H2,(H,27,29). The maximum Gasteiger partial charge on any atom is 0.275 e. The number of nitrogens with one attached hydrogen (secondary N) is 1. The maximum atomic E-state index is 13.6. The average Bonchev–Trinajstić information content (AvgIpc) is 3.33. The normalized spacial score (nSPS) is 15.2. The first-order valence-electron chi connectivity index (χ1n) is 10.7. The summed E-state index contributed by atoms with van der Waals surface area (Å²) >= 11 is 1.56. The second-order valence-electron chi connectivity index (χ2n) is 7.76. The minimum absolute atomic E-state index is 0.146.